The number of hydrogen-bond donors (Lipinski definition) is 0. The second-order valence-electron chi connectivity index (χ2n) is 6.67. The third-order valence-corrected chi connectivity index (χ3v) is 5.29. The summed E-state index contributed by atoms with van der Waals surface area (Å²) < 4.78 is 13.0. The SMILES string of the molecule is C=CCN1C(=O)CCCC12CCN(C(=O)c1ccc(F)cc1)CC2. The zero-order valence-electron chi connectivity index (χ0n) is 13.8. The number of likely N-dealkylation sites (tertiary alicyclic amines) is 2. The molecule has 2 aliphatic heterocycles. The Morgan fingerprint density at radius 1 is 1.21 bits per heavy atom. The molecular formula is C19H23FN2O2. The average Bonchev–Trinajstić information content (AvgIpc) is 2.59. The highest BCUT2D eigenvalue weighted by atomic mass is 19.1. The van der Waals surface area contributed by atoms with Crippen LogP contribution < -0.4 is 0 Å². The summed E-state index contributed by atoms with van der Waals surface area (Å²) in [5.74, 6) is -0.216. The van der Waals surface area contributed by atoms with E-state index in [9.17, 15) is 14.0 Å². The molecule has 3 rings (SSSR count). The van der Waals surface area contributed by atoms with E-state index in [0.29, 0.717) is 31.6 Å². The maximum absolute atomic E-state index is 13.0. The molecular weight excluding hydrogens is 307 g/mol. The van der Waals surface area contributed by atoms with Gasteiger partial charge in [0.2, 0.25) is 5.91 Å². The summed E-state index contributed by atoms with van der Waals surface area (Å²) in [4.78, 5) is 28.6. The van der Waals surface area contributed by atoms with E-state index in [1.54, 1.807) is 6.08 Å². The fourth-order valence-corrected chi connectivity index (χ4v) is 3.95. The van der Waals surface area contributed by atoms with Crippen LogP contribution in [0.25, 0.3) is 0 Å². The summed E-state index contributed by atoms with van der Waals surface area (Å²) in [6, 6.07) is 5.67. The molecule has 2 fully saturated rings. The van der Waals surface area contributed by atoms with Crippen molar-refractivity contribution in [3.05, 3.63) is 48.3 Å². The van der Waals surface area contributed by atoms with E-state index in [0.717, 1.165) is 25.7 Å². The smallest absolute Gasteiger partial charge is 0.253 e. The predicted molar refractivity (Wildman–Crippen MR) is 90.0 cm³/mol. The molecule has 5 heteroatoms. The molecule has 0 unspecified atom stereocenters. The Morgan fingerprint density at radius 2 is 1.88 bits per heavy atom. The Labute approximate surface area is 141 Å². The Balaban J connectivity index is 1.70. The number of nitrogens with zero attached hydrogens (tertiary/aromatic N) is 2. The molecule has 0 atom stereocenters. The van der Waals surface area contributed by atoms with Crippen LogP contribution in [0.5, 0.6) is 0 Å². The number of benzene rings is 1. The topological polar surface area (TPSA) is 40.6 Å². The second-order valence-corrected chi connectivity index (χ2v) is 6.67. The Morgan fingerprint density at radius 3 is 2.50 bits per heavy atom. The molecule has 2 aliphatic rings. The predicted octanol–water partition coefficient (Wildman–Crippen LogP) is 3.00. The normalized spacial score (nSPS) is 20.3. The average molecular weight is 330 g/mol. The standard InChI is InChI=1S/C19H23FN2O2/c1-2-12-22-17(23)4-3-9-19(22)10-13-21(14-11-19)18(24)15-5-7-16(20)8-6-15/h2,5-8H,1,3-4,9-14H2. The molecule has 24 heavy (non-hydrogen) atoms. The number of hydrogen-bond acceptors (Lipinski definition) is 2. The zero-order chi connectivity index (χ0) is 17.2. The van der Waals surface area contributed by atoms with Gasteiger partial charge in [0.15, 0.2) is 0 Å². The van der Waals surface area contributed by atoms with Gasteiger partial charge in [0.1, 0.15) is 5.82 Å². The minimum atomic E-state index is -0.343. The van der Waals surface area contributed by atoms with Crippen LogP contribution >= 0.6 is 0 Å². The Bertz CT molecular complexity index is 633. The lowest BCUT2D eigenvalue weighted by Gasteiger charge is -2.51. The highest BCUT2D eigenvalue weighted by Gasteiger charge is 2.44. The van der Waals surface area contributed by atoms with Crippen LogP contribution in [-0.4, -0.2) is 46.8 Å². The summed E-state index contributed by atoms with van der Waals surface area (Å²) in [5.41, 5.74) is 0.373. The lowest BCUT2D eigenvalue weighted by atomic mass is 9.78. The minimum absolute atomic E-state index is 0.0674. The fraction of sp³-hybridized carbons (Fsp3) is 0.474. The first-order chi connectivity index (χ1) is 11.6. The second kappa shape index (κ2) is 6.75. The van der Waals surface area contributed by atoms with E-state index >= 15 is 0 Å². The van der Waals surface area contributed by atoms with Gasteiger partial charge in [-0.3, -0.25) is 9.59 Å². The molecule has 1 spiro atoms. The summed E-state index contributed by atoms with van der Waals surface area (Å²) in [5, 5.41) is 0. The molecule has 1 aromatic carbocycles. The van der Waals surface area contributed by atoms with Gasteiger partial charge in [0, 0.05) is 37.2 Å². The van der Waals surface area contributed by atoms with Gasteiger partial charge >= 0.3 is 0 Å². The number of amides is 2. The molecule has 0 aliphatic carbocycles. The van der Waals surface area contributed by atoms with Gasteiger partial charge in [-0.25, -0.2) is 4.39 Å². The largest absolute Gasteiger partial charge is 0.338 e. The maximum atomic E-state index is 13.0. The van der Waals surface area contributed by atoms with Crippen molar-refractivity contribution in [2.75, 3.05) is 19.6 Å². The van der Waals surface area contributed by atoms with Crippen molar-refractivity contribution in [3.63, 3.8) is 0 Å². The third kappa shape index (κ3) is 3.07. The molecule has 2 saturated heterocycles. The monoisotopic (exact) mass is 330 g/mol. The highest BCUT2D eigenvalue weighted by Crippen LogP contribution is 2.38. The van der Waals surface area contributed by atoms with Crippen molar-refractivity contribution in [3.8, 4) is 0 Å². The van der Waals surface area contributed by atoms with Crippen molar-refractivity contribution in [2.45, 2.75) is 37.6 Å². The summed E-state index contributed by atoms with van der Waals surface area (Å²) in [6.45, 7) is 5.59. The Hall–Kier alpha value is -2.17. The van der Waals surface area contributed by atoms with Gasteiger partial charge in [-0.2, -0.15) is 0 Å². The van der Waals surface area contributed by atoms with Crippen LogP contribution in [0.4, 0.5) is 4.39 Å². The van der Waals surface area contributed by atoms with Gasteiger partial charge in [-0.1, -0.05) is 6.08 Å². The van der Waals surface area contributed by atoms with Crippen molar-refractivity contribution in [1.29, 1.82) is 0 Å². The van der Waals surface area contributed by atoms with Gasteiger partial charge in [-0.15, -0.1) is 6.58 Å². The van der Waals surface area contributed by atoms with Gasteiger partial charge in [-0.05, 0) is 49.9 Å². The van der Waals surface area contributed by atoms with Crippen molar-refractivity contribution < 1.29 is 14.0 Å². The van der Waals surface area contributed by atoms with E-state index in [4.69, 9.17) is 0 Å². The van der Waals surface area contributed by atoms with Crippen LogP contribution in [0.3, 0.4) is 0 Å². The summed E-state index contributed by atoms with van der Waals surface area (Å²) in [6.07, 6.45) is 5.87. The van der Waals surface area contributed by atoms with Crippen molar-refractivity contribution in [2.24, 2.45) is 0 Å². The van der Waals surface area contributed by atoms with Gasteiger partial charge < -0.3 is 9.80 Å². The number of rotatable bonds is 3. The molecule has 128 valence electrons. The van der Waals surface area contributed by atoms with E-state index in [2.05, 4.69) is 6.58 Å². The molecule has 0 saturated carbocycles. The maximum Gasteiger partial charge on any atom is 0.253 e. The quantitative estimate of drug-likeness (QED) is 0.800. The van der Waals surface area contributed by atoms with Crippen molar-refractivity contribution in [1.82, 2.24) is 9.80 Å². The van der Waals surface area contributed by atoms with Crippen LogP contribution in [0.2, 0.25) is 0 Å². The first-order valence-corrected chi connectivity index (χ1v) is 8.52. The van der Waals surface area contributed by atoms with Crippen molar-refractivity contribution >= 4 is 11.8 Å². The lowest BCUT2D eigenvalue weighted by Crippen LogP contribution is -2.60. The van der Waals surface area contributed by atoms with E-state index in [1.807, 2.05) is 9.80 Å². The van der Waals surface area contributed by atoms with Crippen LogP contribution in [0, 0.1) is 5.82 Å². The molecule has 0 bridgehead atoms. The van der Waals surface area contributed by atoms with Gasteiger partial charge in [0.05, 0.1) is 0 Å². The molecule has 2 heterocycles. The third-order valence-electron chi connectivity index (χ3n) is 5.29. The highest BCUT2D eigenvalue weighted by molar-refractivity contribution is 5.94. The van der Waals surface area contributed by atoms with E-state index in [1.165, 1.54) is 24.3 Å². The van der Waals surface area contributed by atoms with Crippen LogP contribution in [0.15, 0.2) is 36.9 Å². The number of carbonyl (C=O) groups excluding carboxylic acids is 2. The van der Waals surface area contributed by atoms with Crippen LogP contribution in [-0.2, 0) is 4.79 Å². The summed E-state index contributed by atoms with van der Waals surface area (Å²) in [7, 11) is 0. The summed E-state index contributed by atoms with van der Waals surface area (Å²) >= 11 is 0. The lowest BCUT2D eigenvalue weighted by molar-refractivity contribution is -0.143. The number of carbonyl (C=O) groups is 2. The first kappa shape index (κ1) is 16.7. The number of halogens is 1. The minimum Gasteiger partial charge on any atom is -0.338 e. The molecule has 2 amide bonds. The van der Waals surface area contributed by atoms with E-state index in [-0.39, 0.29) is 23.2 Å². The molecule has 0 radical (unpaired) electrons. The van der Waals surface area contributed by atoms with Gasteiger partial charge in [0.25, 0.3) is 5.91 Å². The first-order valence-electron chi connectivity index (χ1n) is 8.52. The molecule has 0 N–H and O–H groups in total. The Kier molecular flexibility index (Phi) is 4.69. The molecule has 0 aromatic heterocycles. The van der Waals surface area contributed by atoms with Crippen LogP contribution in [0.1, 0.15) is 42.5 Å². The molecule has 4 nitrogen and oxygen atoms in total. The number of piperidine rings is 2. The fourth-order valence-electron chi connectivity index (χ4n) is 3.95. The molecule has 1 aromatic rings. The zero-order valence-corrected chi connectivity index (χ0v) is 13.8. The van der Waals surface area contributed by atoms with E-state index < -0.39 is 0 Å².